The van der Waals surface area contributed by atoms with Gasteiger partial charge in [0, 0.05) is 5.56 Å². The Labute approximate surface area is 230 Å². The highest BCUT2D eigenvalue weighted by Crippen LogP contribution is 2.51. The van der Waals surface area contributed by atoms with E-state index >= 15 is 0 Å². The Kier molecular flexibility index (Phi) is 7.75. The summed E-state index contributed by atoms with van der Waals surface area (Å²) in [7, 11) is 0. The van der Waals surface area contributed by atoms with Crippen LogP contribution in [-0.4, -0.2) is 29.9 Å². The molecule has 4 aromatic carbocycles. The Morgan fingerprint density at radius 2 is 1.13 bits per heavy atom. The average molecular weight is 522 g/mol. The topological polar surface area (TPSA) is 40.2 Å². The van der Waals surface area contributed by atoms with Crippen molar-refractivity contribution in [2.24, 2.45) is 0 Å². The average Bonchev–Trinajstić information content (AvgIpc) is 3.50. The minimum absolute atomic E-state index is 0.0882. The van der Waals surface area contributed by atoms with Crippen molar-refractivity contribution in [3.05, 3.63) is 137 Å². The molecule has 0 radical (unpaired) electrons. The Morgan fingerprint density at radius 3 is 1.72 bits per heavy atom. The summed E-state index contributed by atoms with van der Waals surface area (Å²) in [4.78, 5) is 6.62. The number of hydroxylamine groups is 2. The van der Waals surface area contributed by atoms with E-state index in [-0.39, 0.29) is 24.3 Å². The van der Waals surface area contributed by atoms with Crippen molar-refractivity contribution < 1.29 is 19.0 Å². The molecule has 6 rings (SSSR count). The summed E-state index contributed by atoms with van der Waals surface area (Å²) in [6.45, 7) is 6.23. The third-order valence-corrected chi connectivity index (χ3v) is 7.69. The van der Waals surface area contributed by atoms with Crippen LogP contribution in [-0.2, 0) is 34.0 Å². The van der Waals surface area contributed by atoms with Crippen LogP contribution in [0, 0.1) is 13.8 Å². The molecule has 1 fully saturated rings. The Balaban J connectivity index is 1.31. The normalized spacial score (nSPS) is 21.9. The first-order chi connectivity index (χ1) is 19.2. The SMILES string of the molecule is Cc1ccc(C)c2c1ON1[C@H]2[C@@H](OCc2ccccc2)[C@H](OCc2ccccc2)[C@@H]1COCc1ccccc1. The molecule has 0 amide bonds. The maximum atomic E-state index is 6.75. The number of ether oxygens (including phenoxy) is 3. The van der Waals surface area contributed by atoms with Crippen LogP contribution >= 0.6 is 0 Å². The fraction of sp³-hybridized carbons (Fsp3) is 0.294. The molecule has 5 nitrogen and oxygen atoms in total. The molecule has 0 bridgehead atoms. The number of nitrogens with zero attached hydrogens (tertiary/aromatic N) is 1. The highest BCUT2D eigenvalue weighted by atomic mass is 16.7. The van der Waals surface area contributed by atoms with E-state index in [2.05, 4.69) is 67.4 Å². The molecular weight excluding hydrogens is 486 g/mol. The van der Waals surface area contributed by atoms with E-state index in [1.807, 2.05) is 54.6 Å². The van der Waals surface area contributed by atoms with Gasteiger partial charge in [0.15, 0.2) is 5.75 Å². The van der Waals surface area contributed by atoms with Crippen LogP contribution in [0.15, 0.2) is 103 Å². The van der Waals surface area contributed by atoms with Crippen molar-refractivity contribution in [3.8, 4) is 5.75 Å². The predicted octanol–water partition coefficient (Wildman–Crippen LogP) is 6.72. The summed E-state index contributed by atoms with van der Waals surface area (Å²) >= 11 is 0. The first kappa shape index (κ1) is 25.8. The maximum absolute atomic E-state index is 6.75. The highest BCUT2D eigenvalue weighted by molar-refractivity contribution is 5.51. The molecule has 2 heterocycles. The van der Waals surface area contributed by atoms with Crippen molar-refractivity contribution in [1.29, 1.82) is 0 Å². The summed E-state index contributed by atoms with van der Waals surface area (Å²) in [5, 5.41) is 2.08. The molecule has 0 N–H and O–H groups in total. The van der Waals surface area contributed by atoms with Crippen molar-refractivity contribution >= 4 is 0 Å². The van der Waals surface area contributed by atoms with Crippen molar-refractivity contribution in [1.82, 2.24) is 5.06 Å². The van der Waals surface area contributed by atoms with E-state index in [1.165, 1.54) is 11.1 Å². The second kappa shape index (κ2) is 11.7. The van der Waals surface area contributed by atoms with Crippen molar-refractivity contribution in [2.45, 2.75) is 58.0 Å². The van der Waals surface area contributed by atoms with Crippen LogP contribution in [0.5, 0.6) is 5.75 Å². The number of aryl methyl sites for hydroxylation is 2. The first-order valence-electron chi connectivity index (χ1n) is 13.7. The van der Waals surface area contributed by atoms with E-state index in [9.17, 15) is 0 Å². The molecule has 0 spiro atoms. The lowest BCUT2D eigenvalue weighted by Crippen LogP contribution is -2.42. The molecule has 2 aliphatic rings. The minimum Gasteiger partial charge on any atom is -0.404 e. The standard InChI is InChI=1S/C34H35NO4/c1-24-18-19-25(2)32-30(24)31-34(38-22-28-16-10-5-11-17-28)33(37-21-27-14-8-4-9-15-27)29(35(31)39-32)23-36-20-26-12-6-3-7-13-26/h3-19,29,31,33-34H,20-23H2,1-2H3/t29-,31+,33+,34+/m0/s1. The summed E-state index contributed by atoms with van der Waals surface area (Å²) in [6, 6.07) is 34.9. The van der Waals surface area contributed by atoms with Gasteiger partial charge in [-0.15, -0.1) is 5.06 Å². The van der Waals surface area contributed by atoms with Crippen molar-refractivity contribution in [2.75, 3.05) is 6.61 Å². The maximum Gasteiger partial charge on any atom is 0.155 e. The Bertz CT molecular complexity index is 1360. The van der Waals surface area contributed by atoms with Gasteiger partial charge in [0.1, 0.15) is 18.2 Å². The lowest BCUT2D eigenvalue weighted by atomic mass is 9.94. The predicted molar refractivity (Wildman–Crippen MR) is 151 cm³/mol. The third kappa shape index (κ3) is 5.49. The monoisotopic (exact) mass is 521 g/mol. The smallest absolute Gasteiger partial charge is 0.155 e. The van der Waals surface area contributed by atoms with Gasteiger partial charge in [0.2, 0.25) is 0 Å². The molecule has 0 aromatic heterocycles. The molecule has 4 aromatic rings. The first-order valence-corrected chi connectivity index (χ1v) is 13.7. The Morgan fingerprint density at radius 1 is 0.615 bits per heavy atom. The van der Waals surface area contributed by atoms with Gasteiger partial charge in [-0.1, -0.05) is 103 Å². The summed E-state index contributed by atoms with van der Waals surface area (Å²) < 4.78 is 19.8. The van der Waals surface area contributed by atoms with Crippen LogP contribution in [0.3, 0.4) is 0 Å². The van der Waals surface area contributed by atoms with E-state index in [1.54, 1.807) is 0 Å². The number of hydrogen-bond acceptors (Lipinski definition) is 5. The minimum atomic E-state index is -0.247. The van der Waals surface area contributed by atoms with Crippen LogP contribution in [0.25, 0.3) is 0 Å². The van der Waals surface area contributed by atoms with Crippen LogP contribution in [0.4, 0.5) is 0 Å². The Hall–Kier alpha value is -3.48. The lowest BCUT2D eigenvalue weighted by Gasteiger charge is -2.28. The number of hydrogen-bond donors (Lipinski definition) is 0. The number of fused-ring (bicyclic) bond motifs is 3. The molecule has 39 heavy (non-hydrogen) atoms. The van der Waals surface area contributed by atoms with Gasteiger partial charge in [0.05, 0.1) is 32.5 Å². The zero-order valence-electron chi connectivity index (χ0n) is 22.5. The molecule has 0 aliphatic carbocycles. The third-order valence-electron chi connectivity index (χ3n) is 7.69. The summed E-state index contributed by atoms with van der Waals surface area (Å²) in [5.41, 5.74) is 6.91. The molecule has 1 saturated heterocycles. The summed E-state index contributed by atoms with van der Waals surface area (Å²) in [6.07, 6.45) is -0.483. The second-order valence-electron chi connectivity index (χ2n) is 10.4. The van der Waals surface area contributed by atoms with Gasteiger partial charge in [0.25, 0.3) is 0 Å². The van der Waals surface area contributed by atoms with Crippen molar-refractivity contribution in [3.63, 3.8) is 0 Å². The van der Waals surface area contributed by atoms with Gasteiger partial charge in [-0.25, -0.2) is 0 Å². The van der Waals surface area contributed by atoms with Gasteiger partial charge in [-0.2, -0.15) is 0 Å². The van der Waals surface area contributed by atoms with Gasteiger partial charge in [-0.05, 0) is 41.7 Å². The summed E-state index contributed by atoms with van der Waals surface area (Å²) in [5.74, 6) is 0.933. The van der Waals surface area contributed by atoms with E-state index in [0.717, 1.165) is 28.0 Å². The number of benzene rings is 4. The molecule has 2 aliphatic heterocycles. The zero-order valence-corrected chi connectivity index (χ0v) is 22.5. The zero-order chi connectivity index (χ0) is 26.6. The molecule has 200 valence electrons. The van der Waals surface area contributed by atoms with E-state index < -0.39 is 0 Å². The quantitative estimate of drug-likeness (QED) is 0.232. The molecule has 5 heteroatoms. The fourth-order valence-corrected chi connectivity index (χ4v) is 5.68. The highest BCUT2D eigenvalue weighted by Gasteiger charge is 2.57. The fourth-order valence-electron chi connectivity index (χ4n) is 5.68. The molecule has 0 unspecified atom stereocenters. The van der Waals surface area contributed by atoms with E-state index in [0.29, 0.717) is 26.4 Å². The van der Waals surface area contributed by atoms with Crippen LogP contribution in [0.2, 0.25) is 0 Å². The lowest BCUT2D eigenvalue weighted by molar-refractivity contribution is -0.125. The van der Waals surface area contributed by atoms with Gasteiger partial charge in [-0.3, -0.25) is 0 Å². The van der Waals surface area contributed by atoms with Crippen LogP contribution in [0.1, 0.15) is 39.4 Å². The largest absolute Gasteiger partial charge is 0.404 e. The van der Waals surface area contributed by atoms with Crippen LogP contribution < -0.4 is 4.84 Å². The molecule has 4 atom stereocenters. The van der Waals surface area contributed by atoms with E-state index in [4.69, 9.17) is 19.0 Å². The second-order valence-corrected chi connectivity index (χ2v) is 10.4. The molecular formula is C34H35NO4. The van der Waals surface area contributed by atoms with Gasteiger partial charge >= 0.3 is 0 Å². The molecule has 0 saturated carbocycles. The number of rotatable bonds is 10. The van der Waals surface area contributed by atoms with Gasteiger partial charge < -0.3 is 19.0 Å².